The molecule has 2 aliphatic carbocycles. The van der Waals surface area contributed by atoms with Crippen LogP contribution in [0.15, 0.2) is 21.8 Å². The maximum Gasteiger partial charge on any atom is 0.194 e. The molecule has 2 unspecified atom stereocenters. The van der Waals surface area contributed by atoms with E-state index < -0.39 is 0 Å². The van der Waals surface area contributed by atoms with E-state index in [9.17, 15) is 0 Å². The number of aromatic nitrogens is 1. The average Bonchev–Trinajstić information content (AvgIpc) is 3.40. The van der Waals surface area contributed by atoms with Gasteiger partial charge in [0.1, 0.15) is 6.26 Å². The van der Waals surface area contributed by atoms with Crippen molar-refractivity contribution in [2.24, 2.45) is 10.4 Å². The van der Waals surface area contributed by atoms with Gasteiger partial charge in [-0.05, 0) is 33.1 Å². The molecule has 2 atom stereocenters. The topological polar surface area (TPSA) is 66.1 Å². The van der Waals surface area contributed by atoms with Crippen molar-refractivity contribution in [3.8, 4) is 0 Å². The lowest BCUT2D eigenvalue weighted by Crippen LogP contribution is -2.66. The molecule has 4 rings (SSSR count). The highest BCUT2D eigenvalue weighted by atomic mass is 127. The Morgan fingerprint density at radius 2 is 2.03 bits per heavy atom. The molecular weight excluding hydrogens is 481 g/mol. The second kappa shape index (κ2) is 10.4. The molecular formula is C21H36IN5O2. The van der Waals surface area contributed by atoms with Gasteiger partial charge in [-0.3, -0.25) is 9.89 Å². The molecule has 0 bridgehead atoms. The summed E-state index contributed by atoms with van der Waals surface area (Å²) in [7, 11) is 0. The zero-order valence-electron chi connectivity index (χ0n) is 17.8. The van der Waals surface area contributed by atoms with Crippen molar-refractivity contribution < 1.29 is 9.26 Å². The van der Waals surface area contributed by atoms with Gasteiger partial charge < -0.3 is 19.5 Å². The molecule has 1 aromatic heterocycles. The molecule has 1 N–H and O–H groups in total. The lowest BCUT2D eigenvalue weighted by molar-refractivity contribution is -0.126. The first-order valence-electron chi connectivity index (χ1n) is 11.0. The third-order valence-electron chi connectivity index (χ3n) is 6.85. The number of piperazine rings is 1. The molecule has 1 spiro atoms. The number of hydrogen-bond donors (Lipinski definition) is 1. The molecule has 29 heavy (non-hydrogen) atoms. The Morgan fingerprint density at radius 3 is 2.66 bits per heavy atom. The lowest BCUT2D eigenvalue weighted by atomic mass is 9.60. The SMILES string of the molecule is CCN=C(NC1CC(OCC)C12CCCC2)N1CCN(Cc2ccon2)CC1.I. The molecule has 1 aliphatic heterocycles. The number of rotatable bonds is 6. The predicted molar refractivity (Wildman–Crippen MR) is 125 cm³/mol. The van der Waals surface area contributed by atoms with Crippen molar-refractivity contribution in [3.05, 3.63) is 18.0 Å². The van der Waals surface area contributed by atoms with Gasteiger partial charge in [0, 0.05) is 63.4 Å². The number of nitrogens with zero attached hydrogens (tertiary/aromatic N) is 4. The second-order valence-electron chi connectivity index (χ2n) is 8.37. The first kappa shape index (κ1) is 22.8. The zero-order valence-corrected chi connectivity index (χ0v) is 20.1. The van der Waals surface area contributed by atoms with Gasteiger partial charge in [0.25, 0.3) is 0 Å². The molecule has 0 radical (unpaired) electrons. The fraction of sp³-hybridized carbons (Fsp3) is 0.810. The van der Waals surface area contributed by atoms with E-state index in [0.717, 1.165) is 63.9 Å². The smallest absolute Gasteiger partial charge is 0.194 e. The summed E-state index contributed by atoms with van der Waals surface area (Å²) in [6.45, 7) is 10.8. The monoisotopic (exact) mass is 517 g/mol. The summed E-state index contributed by atoms with van der Waals surface area (Å²) >= 11 is 0. The molecule has 0 aromatic carbocycles. The number of guanidine groups is 1. The van der Waals surface area contributed by atoms with Gasteiger partial charge in [0.05, 0.1) is 11.8 Å². The van der Waals surface area contributed by atoms with Crippen LogP contribution in [0.1, 0.15) is 51.6 Å². The van der Waals surface area contributed by atoms with Gasteiger partial charge in [-0.25, -0.2) is 0 Å². The van der Waals surface area contributed by atoms with Crippen molar-refractivity contribution in [2.45, 2.75) is 64.6 Å². The van der Waals surface area contributed by atoms with Crippen LogP contribution in [-0.4, -0.2) is 72.4 Å². The molecule has 8 heteroatoms. The fourth-order valence-corrected chi connectivity index (χ4v) is 5.30. The fourth-order valence-electron chi connectivity index (χ4n) is 5.30. The Balaban J connectivity index is 0.00000240. The number of nitrogens with one attached hydrogen (secondary N) is 1. The number of aliphatic imine (C=N–C) groups is 1. The van der Waals surface area contributed by atoms with Crippen LogP contribution in [0.3, 0.4) is 0 Å². The highest BCUT2D eigenvalue weighted by Crippen LogP contribution is 2.54. The molecule has 2 saturated carbocycles. The van der Waals surface area contributed by atoms with E-state index >= 15 is 0 Å². The highest BCUT2D eigenvalue weighted by Gasteiger charge is 2.57. The Kier molecular flexibility index (Phi) is 8.21. The average molecular weight is 517 g/mol. The molecule has 1 saturated heterocycles. The number of hydrogen-bond acceptors (Lipinski definition) is 5. The van der Waals surface area contributed by atoms with Crippen molar-refractivity contribution in [2.75, 3.05) is 39.3 Å². The normalized spacial score (nSPS) is 27.0. The van der Waals surface area contributed by atoms with Crippen LogP contribution in [0.25, 0.3) is 0 Å². The standard InChI is InChI=1S/C21H35N5O2.HI/c1-3-22-20(23-18-15-19(27-4-2)21(18)8-5-6-9-21)26-12-10-25(11-13-26)16-17-7-14-28-24-17;/h7,14,18-19H,3-6,8-13,15-16H2,1-2H3,(H,22,23);1H. The Morgan fingerprint density at radius 1 is 1.28 bits per heavy atom. The van der Waals surface area contributed by atoms with E-state index in [1.54, 1.807) is 6.26 Å². The second-order valence-corrected chi connectivity index (χ2v) is 8.37. The Hall–Kier alpha value is -0.870. The summed E-state index contributed by atoms with van der Waals surface area (Å²) < 4.78 is 11.0. The van der Waals surface area contributed by atoms with Crippen LogP contribution in [-0.2, 0) is 11.3 Å². The van der Waals surface area contributed by atoms with E-state index in [4.69, 9.17) is 14.3 Å². The van der Waals surface area contributed by atoms with Crippen LogP contribution >= 0.6 is 24.0 Å². The minimum absolute atomic E-state index is 0. The third-order valence-corrected chi connectivity index (χ3v) is 6.85. The molecule has 2 heterocycles. The number of halogens is 1. The Labute approximate surface area is 191 Å². The highest BCUT2D eigenvalue weighted by molar-refractivity contribution is 14.0. The van der Waals surface area contributed by atoms with Gasteiger partial charge >= 0.3 is 0 Å². The molecule has 164 valence electrons. The molecule has 3 aliphatic rings. The molecule has 3 fully saturated rings. The molecule has 7 nitrogen and oxygen atoms in total. The van der Waals surface area contributed by atoms with Crippen molar-refractivity contribution in [1.82, 2.24) is 20.3 Å². The van der Waals surface area contributed by atoms with Crippen LogP contribution in [0.2, 0.25) is 0 Å². The third kappa shape index (κ3) is 4.90. The van der Waals surface area contributed by atoms with Crippen molar-refractivity contribution in [3.63, 3.8) is 0 Å². The van der Waals surface area contributed by atoms with Crippen LogP contribution < -0.4 is 5.32 Å². The summed E-state index contributed by atoms with van der Waals surface area (Å²) in [5.74, 6) is 1.09. The number of ether oxygens (including phenoxy) is 1. The van der Waals surface area contributed by atoms with Gasteiger partial charge in [0.2, 0.25) is 0 Å². The maximum absolute atomic E-state index is 6.08. The maximum atomic E-state index is 6.08. The molecule has 1 aromatic rings. The van der Waals surface area contributed by atoms with Crippen LogP contribution in [0.5, 0.6) is 0 Å². The van der Waals surface area contributed by atoms with Crippen LogP contribution in [0, 0.1) is 5.41 Å². The minimum atomic E-state index is 0. The minimum Gasteiger partial charge on any atom is -0.378 e. The van der Waals surface area contributed by atoms with Crippen molar-refractivity contribution >= 4 is 29.9 Å². The van der Waals surface area contributed by atoms with Crippen molar-refractivity contribution in [1.29, 1.82) is 0 Å². The van der Waals surface area contributed by atoms with E-state index in [1.165, 1.54) is 25.7 Å². The quantitative estimate of drug-likeness (QED) is 0.356. The van der Waals surface area contributed by atoms with Gasteiger partial charge in [-0.2, -0.15) is 0 Å². The first-order chi connectivity index (χ1) is 13.7. The molecule has 0 amide bonds. The summed E-state index contributed by atoms with van der Waals surface area (Å²) in [6.07, 6.45) is 8.45. The first-order valence-corrected chi connectivity index (χ1v) is 11.0. The van der Waals surface area contributed by atoms with E-state index in [0.29, 0.717) is 17.6 Å². The van der Waals surface area contributed by atoms with Crippen LogP contribution in [0.4, 0.5) is 0 Å². The van der Waals surface area contributed by atoms with E-state index in [1.807, 2.05) is 6.07 Å². The van der Waals surface area contributed by atoms with E-state index in [2.05, 4.69) is 34.1 Å². The Bertz CT molecular complexity index is 640. The summed E-state index contributed by atoms with van der Waals surface area (Å²) in [4.78, 5) is 9.71. The zero-order chi connectivity index (χ0) is 19.4. The van der Waals surface area contributed by atoms with E-state index in [-0.39, 0.29) is 24.0 Å². The summed E-state index contributed by atoms with van der Waals surface area (Å²) in [5, 5.41) is 7.89. The predicted octanol–water partition coefficient (Wildman–Crippen LogP) is 3.11. The summed E-state index contributed by atoms with van der Waals surface area (Å²) in [5.41, 5.74) is 1.34. The van der Waals surface area contributed by atoms with Gasteiger partial charge in [-0.15, -0.1) is 24.0 Å². The lowest BCUT2D eigenvalue weighted by Gasteiger charge is -2.55. The summed E-state index contributed by atoms with van der Waals surface area (Å²) in [6, 6.07) is 2.45. The van der Waals surface area contributed by atoms with Gasteiger partial charge in [0.15, 0.2) is 5.96 Å². The largest absolute Gasteiger partial charge is 0.378 e. The van der Waals surface area contributed by atoms with Gasteiger partial charge in [-0.1, -0.05) is 18.0 Å².